The van der Waals surface area contributed by atoms with E-state index < -0.39 is 5.97 Å². The van der Waals surface area contributed by atoms with Gasteiger partial charge >= 0.3 is 5.97 Å². The number of rotatable bonds is 9. The van der Waals surface area contributed by atoms with E-state index in [1.54, 1.807) is 19.2 Å². The molecule has 0 bridgehead atoms. The van der Waals surface area contributed by atoms with Gasteiger partial charge < -0.3 is 14.8 Å². The van der Waals surface area contributed by atoms with Gasteiger partial charge in [0.15, 0.2) is 6.61 Å². The van der Waals surface area contributed by atoms with Gasteiger partial charge in [-0.15, -0.1) is 0 Å². The number of amides is 1. The first kappa shape index (κ1) is 19.5. The summed E-state index contributed by atoms with van der Waals surface area (Å²) in [6, 6.07) is 17.4. The zero-order valence-corrected chi connectivity index (χ0v) is 15.2. The molecule has 2 rings (SSSR count). The van der Waals surface area contributed by atoms with Gasteiger partial charge in [0.05, 0.1) is 13.5 Å². The Labute approximate surface area is 154 Å². The van der Waals surface area contributed by atoms with Crippen molar-refractivity contribution in [3.8, 4) is 5.75 Å². The van der Waals surface area contributed by atoms with Gasteiger partial charge in [0.1, 0.15) is 5.75 Å². The Morgan fingerprint density at radius 1 is 1.04 bits per heavy atom. The number of esters is 1. The van der Waals surface area contributed by atoms with Crippen molar-refractivity contribution in [2.75, 3.05) is 13.7 Å². The molecule has 5 heteroatoms. The van der Waals surface area contributed by atoms with Gasteiger partial charge in [-0.1, -0.05) is 48.5 Å². The molecule has 1 amide bonds. The molecule has 0 unspecified atom stereocenters. The highest BCUT2D eigenvalue weighted by Crippen LogP contribution is 2.18. The molecule has 2 aromatic carbocycles. The number of carbonyl (C=O) groups is 2. The molecule has 5 nitrogen and oxygen atoms in total. The number of nitrogens with one attached hydrogen (secondary N) is 1. The van der Waals surface area contributed by atoms with Crippen LogP contribution < -0.4 is 10.1 Å². The smallest absolute Gasteiger partial charge is 0.310 e. The fraction of sp³-hybridized carbons (Fsp3) is 0.333. The number of methoxy groups -OCH3 is 1. The van der Waals surface area contributed by atoms with Crippen LogP contribution >= 0.6 is 0 Å². The zero-order valence-electron chi connectivity index (χ0n) is 15.2. The Morgan fingerprint density at radius 3 is 2.46 bits per heavy atom. The maximum Gasteiger partial charge on any atom is 0.310 e. The van der Waals surface area contributed by atoms with Crippen molar-refractivity contribution < 1.29 is 19.1 Å². The van der Waals surface area contributed by atoms with Crippen LogP contribution in [0.4, 0.5) is 0 Å². The molecule has 0 saturated carbocycles. The van der Waals surface area contributed by atoms with Crippen LogP contribution in [-0.4, -0.2) is 31.6 Å². The summed E-state index contributed by atoms with van der Waals surface area (Å²) in [4.78, 5) is 23.9. The van der Waals surface area contributed by atoms with Gasteiger partial charge in [-0.3, -0.25) is 9.59 Å². The summed E-state index contributed by atoms with van der Waals surface area (Å²) in [5, 5.41) is 2.85. The fourth-order valence-corrected chi connectivity index (χ4v) is 2.62. The Morgan fingerprint density at radius 2 is 1.73 bits per heavy atom. The van der Waals surface area contributed by atoms with Crippen LogP contribution in [0.5, 0.6) is 5.75 Å². The average Bonchev–Trinajstić information content (AvgIpc) is 2.66. The third-order valence-electron chi connectivity index (χ3n) is 4.01. The lowest BCUT2D eigenvalue weighted by Gasteiger charge is -2.14. The standard InChI is InChI=1S/C21H25NO4/c1-16(12-13-17-8-4-3-5-9-17)22-20(23)15-26-21(24)14-18-10-6-7-11-19(18)25-2/h3-11,16H,12-15H2,1-2H3,(H,22,23)/t16-/m1/s1. The monoisotopic (exact) mass is 355 g/mol. The van der Waals surface area contributed by atoms with Crippen molar-refractivity contribution in [1.29, 1.82) is 0 Å². The second kappa shape index (κ2) is 10.2. The Bertz CT molecular complexity index is 715. The lowest BCUT2D eigenvalue weighted by atomic mass is 10.1. The summed E-state index contributed by atoms with van der Waals surface area (Å²) in [5.74, 6) is -0.121. The van der Waals surface area contributed by atoms with Crippen LogP contribution in [0, 0.1) is 0 Å². The van der Waals surface area contributed by atoms with Crippen molar-refractivity contribution in [2.24, 2.45) is 0 Å². The summed E-state index contributed by atoms with van der Waals surface area (Å²) in [6.07, 6.45) is 1.78. The van der Waals surface area contributed by atoms with Crippen molar-refractivity contribution in [3.63, 3.8) is 0 Å². The van der Waals surface area contributed by atoms with Crippen molar-refractivity contribution in [3.05, 3.63) is 65.7 Å². The highest BCUT2D eigenvalue weighted by molar-refractivity contribution is 5.81. The maximum atomic E-state index is 11.9. The molecule has 2 aromatic rings. The molecule has 0 radical (unpaired) electrons. The van der Waals surface area contributed by atoms with Crippen LogP contribution in [0.2, 0.25) is 0 Å². The maximum absolute atomic E-state index is 11.9. The van der Waals surface area contributed by atoms with E-state index in [1.807, 2.05) is 37.3 Å². The Balaban J connectivity index is 1.69. The van der Waals surface area contributed by atoms with E-state index in [0.29, 0.717) is 5.75 Å². The van der Waals surface area contributed by atoms with Crippen molar-refractivity contribution in [2.45, 2.75) is 32.2 Å². The van der Waals surface area contributed by atoms with Gasteiger partial charge in [-0.05, 0) is 31.4 Å². The zero-order chi connectivity index (χ0) is 18.8. The van der Waals surface area contributed by atoms with Crippen LogP contribution in [0.3, 0.4) is 0 Å². The Hall–Kier alpha value is -2.82. The third kappa shape index (κ3) is 6.59. The average molecular weight is 355 g/mol. The molecule has 26 heavy (non-hydrogen) atoms. The molecule has 0 heterocycles. The first-order valence-electron chi connectivity index (χ1n) is 8.69. The number of carbonyl (C=O) groups excluding carboxylic acids is 2. The second-order valence-corrected chi connectivity index (χ2v) is 6.14. The van der Waals surface area contributed by atoms with E-state index in [4.69, 9.17) is 9.47 Å². The van der Waals surface area contributed by atoms with E-state index in [-0.39, 0.29) is 25.0 Å². The molecule has 0 aliphatic heterocycles. The van der Waals surface area contributed by atoms with E-state index in [9.17, 15) is 9.59 Å². The van der Waals surface area contributed by atoms with Gasteiger partial charge in [-0.2, -0.15) is 0 Å². The first-order valence-corrected chi connectivity index (χ1v) is 8.69. The van der Waals surface area contributed by atoms with Crippen LogP contribution in [0.15, 0.2) is 54.6 Å². The molecule has 0 aliphatic carbocycles. The van der Waals surface area contributed by atoms with Crippen molar-refractivity contribution >= 4 is 11.9 Å². The van der Waals surface area contributed by atoms with Gasteiger partial charge in [0, 0.05) is 11.6 Å². The molecule has 1 N–H and O–H groups in total. The minimum Gasteiger partial charge on any atom is -0.496 e. The number of aryl methyl sites for hydroxylation is 1. The van der Waals surface area contributed by atoms with E-state index in [1.165, 1.54) is 5.56 Å². The quantitative estimate of drug-likeness (QED) is 0.703. The topological polar surface area (TPSA) is 64.6 Å². The summed E-state index contributed by atoms with van der Waals surface area (Å²) < 4.78 is 10.3. The highest BCUT2D eigenvalue weighted by Gasteiger charge is 2.13. The number of ether oxygens (including phenoxy) is 2. The summed E-state index contributed by atoms with van der Waals surface area (Å²) >= 11 is 0. The third-order valence-corrected chi connectivity index (χ3v) is 4.01. The lowest BCUT2D eigenvalue weighted by Crippen LogP contribution is -2.36. The molecule has 1 atom stereocenters. The molecule has 0 aromatic heterocycles. The van der Waals surface area contributed by atoms with Crippen LogP contribution in [0.25, 0.3) is 0 Å². The SMILES string of the molecule is COc1ccccc1CC(=O)OCC(=O)N[C@H](C)CCc1ccccc1. The predicted molar refractivity (Wildman–Crippen MR) is 100 cm³/mol. The molecular weight excluding hydrogens is 330 g/mol. The number of benzene rings is 2. The summed E-state index contributed by atoms with van der Waals surface area (Å²) in [5.41, 5.74) is 1.97. The molecule has 0 spiro atoms. The number of para-hydroxylation sites is 1. The largest absolute Gasteiger partial charge is 0.496 e. The predicted octanol–water partition coefficient (Wildman–Crippen LogP) is 2.92. The van der Waals surface area contributed by atoms with Crippen molar-refractivity contribution in [1.82, 2.24) is 5.32 Å². The summed E-state index contributed by atoms with van der Waals surface area (Å²) in [6.45, 7) is 1.67. The fourth-order valence-electron chi connectivity index (χ4n) is 2.62. The minimum absolute atomic E-state index is 0.00984. The minimum atomic E-state index is -0.457. The van der Waals surface area contributed by atoms with Crippen LogP contribution in [0.1, 0.15) is 24.5 Å². The number of hydrogen-bond donors (Lipinski definition) is 1. The molecule has 0 saturated heterocycles. The first-order chi connectivity index (χ1) is 12.6. The molecule has 0 aliphatic rings. The highest BCUT2D eigenvalue weighted by atomic mass is 16.5. The molecule has 138 valence electrons. The summed E-state index contributed by atoms with van der Waals surface area (Å²) in [7, 11) is 1.55. The van der Waals surface area contributed by atoms with E-state index in [2.05, 4.69) is 17.4 Å². The molecule has 0 fully saturated rings. The van der Waals surface area contributed by atoms with E-state index >= 15 is 0 Å². The van der Waals surface area contributed by atoms with Gasteiger partial charge in [-0.25, -0.2) is 0 Å². The Kier molecular flexibility index (Phi) is 7.68. The van der Waals surface area contributed by atoms with Crippen LogP contribution in [-0.2, 0) is 27.2 Å². The molecular formula is C21H25NO4. The normalized spacial score (nSPS) is 11.5. The number of hydrogen-bond acceptors (Lipinski definition) is 4. The van der Waals surface area contributed by atoms with Gasteiger partial charge in [0.2, 0.25) is 0 Å². The lowest BCUT2D eigenvalue weighted by molar-refractivity contribution is -0.148. The van der Waals surface area contributed by atoms with Gasteiger partial charge in [0.25, 0.3) is 5.91 Å². The van der Waals surface area contributed by atoms with E-state index in [0.717, 1.165) is 18.4 Å². The second-order valence-electron chi connectivity index (χ2n) is 6.14.